The number of nitrogens with two attached hydrogens (primary N) is 1. The van der Waals surface area contributed by atoms with Crippen LogP contribution in [0.5, 0.6) is 0 Å². The van der Waals surface area contributed by atoms with E-state index in [2.05, 4.69) is 4.74 Å². The Hall–Kier alpha value is -1.39. The van der Waals surface area contributed by atoms with Gasteiger partial charge in [0, 0.05) is 0 Å². The molecule has 0 amide bonds. The minimum atomic E-state index is -1.55. The Kier molecular flexibility index (Phi) is 3.42. The molecule has 0 heterocycles. The van der Waals surface area contributed by atoms with Crippen molar-refractivity contribution in [2.45, 2.75) is 12.8 Å². The molecular formula is C9H11NO3. The number of aliphatic hydroxyl groups is 1. The normalized spacial score (nSPS) is 12.2. The zero-order valence-electron chi connectivity index (χ0n) is 7.01. The highest BCUT2D eigenvalue weighted by Gasteiger charge is 2.09. The van der Waals surface area contributed by atoms with Crippen LogP contribution in [0.1, 0.15) is 5.56 Å². The van der Waals surface area contributed by atoms with Gasteiger partial charge in [-0.3, -0.25) is 5.73 Å². The van der Waals surface area contributed by atoms with Gasteiger partial charge in [0.15, 0.2) is 0 Å². The van der Waals surface area contributed by atoms with Crippen LogP contribution in [-0.4, -0.2) is 17.3 Å². The van der Waals surface area contributed by atoms with E-state index in [0.717, 1.165) is 5.56 Å². The average molecular weight is 181 g/mol. The van der Waals surface area contributed by atoms with E-state index in [1.165, 1.54) is 0 Å². The standard InChI is InChI=1S/C9H11NO3/c10-8(11)9(12)13-6-7-4-2-1-3-5-7/h1-5,8,11H,6,10H2. The molecule has 1 atom stereocenters. The van der Waals surface area contributed by atoms with E-state index in [0.29, 0.717) is 0 Å². The molecule has 0 spiro atoms. The first-order valence-electron chi connectivity index (χ1n) is 3.84. The maximum Gasteiger partial charge on any atom is 0.350 e. The number of rotatable bonds is 3. The van der Waals surface area contributed by atoms with Gasteiger partial charge in [0.1, 0.15) is 6.61 Å². The molecule has 0 radical (unpaired) electrons. The molecule has 0 saturated heterocycles. The van der Waals surface area contributed by atoms with Gasteiger partial charge in [-0.1, -0.05) is 30.3 Å². The number of carbonyl (C=O) groups excluding carboxylic acids is 1. The fourth-order valence-corrected chi connectivity index (χ4v) is 0.814. The average Bonchev–Trinajstić information content (AvgIpc) is 2.15. The molecule has 1 rings (SSSR count). The van der Waals surface area contributed by atoms with E-state index in [1.807, 2.05) is 30.3 Å². The molecule has 0 aliphatic carbocycles. The Morgan fingerprint density at radius 3 is 2.62 bits per heavy atom. The first-order chi connectivity index (χ1) is 6.20. The van der Waals surface area contributed by atoms with Crippen LogP contribution in [0.3, 0.4) is 0 Å². The summed E-state index contributed by atoms with van der Waals surface area (Å²) in [6.45, 7) is 0.133. The Labute approximate surface area is 75.9 Å². The van der Waals surface area contributed by atoms with E-state index in [1.54, 1.807) is 0 Å². The molecule has 4 nitrogen and oxygen atoms in total. The Morgan fingerprint density at radius 2 is 2.08 bits per heavy atom. The number of carbonyl (C=O) groups is 1. The van der Waals surface area contributed by atoms with Gasteiger partial charge in [0.2, 0.25) is 6.23 Å². The second-order valence-electron chi connectivity index (χ2n) is 2.54. The van der Waals surface area contributed by atoms with Crippen molar-refractivity contribution in [3.8, 4) is 0 Å². The molecule has 1 aromatic rings. The summed E-state index contributed by atoms with van der Waals surface area (Å²) in [6, 6.07) is 9.17. The first-order valence-corrected chi connectivity index (χ1v) is 3.84. The van der Waals surface area contributed by atoms with Crippen LogP contribution in [0.4, 0.5) is 0 Å². The maximum absolute atomic E-state index is 10.7. The molecular weight excluding hydrogens is 170 g/mol. The lowest BCUT2D eigenvalue weighted by molar-refractivity contribution is -0.154. The smallest absolute Gasteiger partial charge is 0.350 e. The van der Waals surface area contributed by atoms with E-state index in [-0.39, 0.29) is 6.61 Å². The topological polar surface area (TPSA) is 72.5 Å². The largest absolute Gasteiger partial charge is 0.458 e. The van der Waals surface area contributed by atoms with Crippen molar-refractivity contribution in [1.29, 1.82) is 0 Å². The van der Waals surface area contributed by atoms with Crippen molar-refractivity contribution in [3.63, 3.8) is 0 Å². The molecule has 0 bridgehead atoms. The molecule has 1 aromatic carbocycles. The van der Waals surface area contributed by atoms with E-state index < -0.39 is 12.2 Å². The Bertz CT molecular complexity index is 271. The number of benzene rings is 1. The number of ether oxygens (including phenoxy) is 1. The first kappa shape index (κ1) is 9.70. The maximum atomic E-state index is 10.7. The van der Waals surface area contributed by atoms with E-state index >= 15 is 0 Å². The van der Waals surface area contributed by atoms with Crippen LogP contribution in [0.25, 0.3) is 0 Å². The van der Waals surface area contributed by atoms with Gasteiger partial charge >= 0.3 is 5.97 Å². The quantitative estimate of drug-likeness (QED) is 0.509. The molecule has 0 fully saturated rings. The molecule has 13 heavy (non-hydrogen) atoms. The molecule has 70 valence electrons. The molecule has 0 aromatic heterocycles. The summed E-state index contributed by atoms with van der Waals surface area (Å²) in [7, 11) is 0. The van der Waals surface area contributed by atoms with Crippen molar-refractivity contribution in [1.82, 2.24) is 0 Å². The highest BCUT2D eigenvalue weighted by atomic mass is 16.5. The molecule has 0 saturated carbocycles. The van der Waals surface area contributed by atoms with Crippen LogP contribution < -0.4 is 5.73 Å². The van der Waals surface area contributed by atoms with Crippen LogP contribution in [0, 0.1) is 0 Å². The Balaban J connectivity index is 2.40. The van der Waals surface area contributed by atoms with Gasteiger partial charge in [0.25, 0.3) is 0 Å². The second-order valence-corrected chi connectivity index (χ2v) is 2.54. The van der Waals surface area contributed by atoms with Crippen molar-refractivity contribution in [2.24, 2.45) is 5.73 Å². The molecule has 0 aliphatic rings. The number of hydrogen-bond donors (Lipinski definition) is 2. The molecule has 1 unspecified atom stereocenters. The van der Waals surface area contributed by atoms with Gasteiger partial charge in [-0.25, -0.2) is 4.79 Å². The monoisotopic (exact) mass is 181 g/mol. The number of aliphatic hydroxyl groups excluding tert-OH is 1. The molecule has 3 N–H and O–H groups in total. The highest BCUT2D eigenvalue weighted by molar-refractivity contribution is 5.73. The van der Waals surface area contributed by atoms with E-state index in [4.69, 9.17) is 10.8 Å². The predicted molar refractivity (Wildman–Crippen MR) is 46.4 cm³/mol. The lowest BCUT2D eigenvalue weighted by Crippen LogP contribution is -2.31. The summed E-state index contributed by atoms with van der Waals surface area (Å²) in [5, 5.41) is 8.60. The lowest BCUT2D eigenvalue weighted by Gasteiger charge is -2.05. The summed E-state index contributed by atoms with van der Waals surface area (Å²) in [5.41, 5.74) is 5.74. The fraction of sp³-hybridized carbons (Fsp3) is 0.222. The predicted octanol–water partition coefficient (Wildman–Crippen LogP) is 0.00690. The van der Waals surface area contributed by atoms with Crippen molar-refractivity contribution >= 4 is 5.97 Å². The second kappa shape index (κ2) is 4.59. The van der Waals surface area contributed by atoms with Crippen molar-refractivity contribution < 1.29 is 14.6 Å². The SMILES string of the molecule is NC(O)C(=O)OCc1ccccc1. The zero-order valence-corrected chi connectivity index (χ0v) is 7.01. The molecule has 0 aliphatic heterocycles. The third-order valence-electron chi connectivity index (χ3n) is 1.47. The number of esters is 1. The fourth-order valence-electron chi connectivity index (χ4n) is 0.814. The summed E-state index contributed by atoms with van der Waals surface area (Å²) >= 11 is 0. The third-order valence-corrected chi connectivity index (χ3v) is 1.47. The third kappa shape index (κ3) is 3.23. The summed E-state index contributed by atoms with van der Waals surface area (Å²) in [5.74, 6) is -0.816. The van der Waals surface area contributed by atoms with Gasteiger partial charge in [0.05, 0.1) is 0 Å². The minimum Gasteiger partial charge on any atom is -0.458 e. The Morgan fingerprint density at radius 1 is 1.46 bits per heavy atom. The van der Waals surface area contributed by atoms with Gasteiger partial charge in [-0.05, 0) is 5.56 Å². The summed E-state index contributed by atoms with van der Waals surface area (Å²) < 4.78 is 4.68. The van der Waals surface area contributed by atoms with Crippen LogP contribution >= 0.6 is 0 Å². The van der Waals surface area contributed by atoms with E-state index in [9.17, 15) is 4.79 Å². The minimum absolute atomic E-state index is 0.133. The van der Waals surface area contributed by atoms with Crippen LogP contribution in [-0.2, 0) is 16.1 Å². The van der Waals surface area contributed by atoms with Crippen molar-refractivity contribution in [3.05, 3.63) is 35.9 Å². The van der Waals surface area contributed by atoms with Crippen molar-refractivity contribution in [2.75, 3.05) is 0 Å². The van der Waals surface area contributed by atoms with Gasteiger partial charge < -0.3 is 9.84 Å². The zero-order chi connectivity index (χ0) is 9.68. The summed E-state index contributed by atoms with van der Waals surface area (Å²) in [6.07, 6.45) is -1.55. The highest BCUT2D eigenvalue weighted by Crippen LogP contribution is 2.00. The van der Waals surface area contributed by atoms with Gasteiger partial charge in [-0.2, -0.15) is 0 Å². The summed E-state index contributed by atoms with van der Waals surface area (Å²) in [4.78, 5) is 10.7. The number of hydrogen-bond acceptors (Lipinski definition) is 4. The van der Waals surface area contributed by atoms with Crippen LogP contribution in [0.15, 0.2) is 30.3 Å². The lowest BCUT2D eigenvalue weighted by atomic mass is 10.2. The molecule has 4 heteroatoms. The van der Waals surface area contributed by atoms with Gasteiger partial charge in [-0.15, -0.1) is 0 Å². The van der Waals surface area contributed by atoms with Crippen LogP contribution in [0.2, 0.25) is 0 Å².